The predicted octanol–water partition coefficient (Wildman–Crippen LogP) is 3.78. The van der Waals surface area contributed by atoms with Crippen LogP contribution in [0.5, 0.6) is 0 Å². The van der Waals surface area contributed by atoms with Gasteiger partial charge >= 0.3 is 20.3 Å². The molecule has 0 aromatic rings. The molecule has 0 heterocycles. The Labute approximate surface area is 142 Å². The van der Waals surface area contributed by atoms with E-state index in [1.54, 1.807) is 0 Å². The van der Waals surface area contributed by atoms with Crippen LogP contribution in [0.25, 0.3) is 0 Å². The molecule has 4 nitrogen and oxygen atoms in total. The number of alkyl halides is 3. The van der Waals surface area contributed by atoms with E-state index in [0.717, 1.165) is 6.42 Å². The van der Waals surface area contributed by atoms with Gasteiger partial charge in [0.15, 0.2) is 0 Å². The zero-order valence-electron chi connectivity index (χ0n) is 13.2. The van der Waals surface area contributed by atoms with Crippen molar-refractivity contribution >= 4 is 25.6 Å². The molecule has 4 rings (SSSR count). The molecule has 24 heavy (non-hydrogen) atoms. The van der Waals surface area contributed by atoms with Gasteiger partial charge in [0.2, 0.25) is 0 Å². The summed E-state index contributed by atoms with van der Waals surface area (Å²) in [5.41, 5.74) is -5.90. The first-order valence-electron chi connectivity index (χ1n) is 7.76. The number of ether oxygens (including phenoxy) is 1. The Hall–Kier alpha value is -0.700. The minimum absolute atomic E-state index is 0.0339. The maximum absolute atomic E-state index is 12.8. The van der Waals surface area contributed by atoms with Crippen LogP contribution >= 0.6 is 10.8 Å². The number of carbonyl (C=O) groups excluding carboxylic acids is 1. The van der Waals surface area contributed by atoms with Gasteiger partial charge in [-0.15, -0.1) is 0 Å². The molecule has 0 N–H and O–H groups in total. The monoisotopic (exact) mass is 384 g/mol. The average Bonchev–Trinajstić information content (AvgIpc) is 2.32. The molecule has 4 aliphatic carbocycles. The molecule has 2 atom stereocenters. The number of rotatable bonds is 4. The summed E-state index contributed by atoms with van der Waals surface area (Å²) in [7, 11) is -5.24. The fourth-order valence-corrected chi connectivity index (χ4v) is 8.63. The molecule has 4 bridgehead atoms. The molecule has 0 radical (unpaired) electrons. The van der Waals surface area contributed by atoms with E-state index < -0.39 is 30.7 Å². The number of hydrogen-bond acceptors (Lipinski definition) is 5. The van der Waals surface area contributed by atoms with E-state index in [9.17, 15) is 26.4 Å². The summed E-state index contributed by atoms with van der Waals surface area (Å²) in [6, 6.07) is 0. The fraction of sp³-hybridized carbons (Fsp3) is 0.800. The summed E-state index contributed by atoms with van der Waals surface area (Å²) in [5, 5.41) is 0. The summed E-state index contributed by atoms with van der Waals surface area (Å²) in [4.78, 5) is 11.9. The second kappa shape index (κ2) is 5.40. The van der Waals surface area contributed by atoms with E-state index in [1.807, 2.05) is 0 Å². The van der Waals surface area contributed by atoms with Gasteiger partial charge in [0.25, 0.3) is 0 Å². The summed E-state index contributed by atoms with van der Waals surface area (Å²) in [6.07, 6.45) is 3.06. The minimum atomic E-state index is -5.28. The lowest BCUT2D eigenvalue weighted by Gasteiger charge is -2.60. The van der Waals surface area contributed by atoms with Gasteiger partial charge in [-0.2, -0.15) is 13.2 Å². The van der Waals surface area contributed by atoms with Crippen LogP contribution in [0.1, 0.15) is 45.4 Å². The Balaban J connectivity index is 1.88. The lowest BCUT2D eigenvalue weighted by atomic mass is 9.53. The van der Waals surface area contributed by atoms with E-state index in [1.165, 1.54) is 6.92 Å². The van der Waals surface area contributed by atoms with Gasteiger partial charge in [0.05, 0.1) is 0 Å². The van der Waals surface area contributed by atoms with Crippen molar-refractivity contribution < 1.29 is 31.1 Å². The van der Waals surface area contributed by atoms with Crippen LogP contribution in [0.15, 0.2) is 12.2 Å². The number of carbonyl (C=O) groups is 1. The van der Waals surface area contributed by atoms with Gasteiger partial charge in [-0.05, 0) is 61.7 Å². The normalized spacial score (nSPS) is 38.2. The topological polar surface area (TPSA) is 60.4 Å². The summed E-state index contributed by atoms with van der Waals surface area (Å²) in [5.74, 6) is -0.365. The van der Waals surface area contributed by atoms with E-state index in [2.05, 4.69) is 6.58 Å². The molecule has 9 heteroatoms. The van der Waals surface area contributed by atoms with E-state index in [-0.39, 0.29) is 34.6 Å². The van der Waals surface area contributed by atoms with Crippen LogP contribution in [0.2, 0.25) is 0 Å². The van der Waals surface area contributed by atoms with Crippen LogP contribution < -0.4 is 0 Å². The Bertz CT molecular complexity index is 669. The number of hydrogen-bond donors (Lipinski definition) is 0. The van der Waals surface area contributed by atoms with Crippen LogP contribution in [-0.4, -0.2) is 30.2 Å². The van der Waals surface area contributed by atoms with Crippen molar-refractivity contribution in [1.29, 1.82) is 0 Å². The highest BCUT2D eigenvalue weighted by Crippen LogP contribution is 2.65. The first-order valence-corrected chi connectivity index (χ1v) is 10.6. The van der Waals surface area contributed by atoms with Gasteiger partial charge < -0.3 is 4.74 Å². The van der Waals surface area contributed by atoms with Crippen LogP contribution in [-0.2, 0) is 18.4 Å². The van der Waals surface area contributed by atoms with E-state index in [4.69, 9.17) is 4.74 Å². The second-order valence-corrected chi connectivity index (χ2v) is 11.7. The Morgan fingerprint density at radius 2 is 1.75 bits per heavy atom. The molecule has 0 aliphatic heterocycles. The van der Waals surface area contributed by atoms with Crippen molar-refractivity contribution in [1.82, 2.24) is 0 Å². The Morgan fingerprint density at radius 3 is 2.21 bits per heavy atom. The van der Waals surface area contributed by atoms with Gasteiger partial charge in [0.1, 0.15) is 5.60 Å². The fourth-order valence-electron chi connectivity index (χ4n) is 4.88. The van der Waals surface area contributed by atoms with Crippen molar-refractivity contribution in [3.05, 3.63) is 12.2 Å². The highest BCUT2D eigenvalue weighted by molar-refractivity contribution is 8.72. The third-order valence-corrected chi connectivity index (χ3v) is 9.08. The summed E-state index contributed by atoms with van der Waals surface area (Å²) in [6.45, 7) is 5.05. The third kappa shape index (κ3) is 3.09. The Kier molecular flexibility index (Phi) is 4.07. The Morgan fingerprint density at radius 1 is 1.21 bits per heavy atom. The molecule has 0 spiro atoms. The average molecular weight is 384 g/mol. The van der Waals surface area contributed by atoms with Crippen LogP contribution in [0.4, 0.5) is 13.2 Å². The largest absolute Gasteiger partial charge is 0.507 e. The molecule has 4 fully saturated rings. The molecular weight excluding hydrogens is 365 g/mol. The van der Waals surface area contributed by atoms with Gasteiger partial charge in [0, 0.05) is 16.7 Å². The molecule has 0 aromatic heterocycles. The first-order chi connectivity index (χ1) is 10.9. The lowest BCUT2D eigenvalue weighted by Crippen LogP contribution is -2.59. The molecule has 136 valence electrons. The van der Waals surface area contributed by atoms with Crippen molar-refractivity contribution in [2.24, 2.45) is 11.8 Å². The zero-order valence-corrected chi connectivity index (χ0v) is 14.8. The van der Waals surface area contributed by atoms with Crippen LogP contribution in [0.3, 0.4) is 0 Å². The van der Waals surface area contributed by atoms with Crippen LogP contribution in [0, 0.1) is 11.8 Å². The third-order valence-electron chi connectivity index (χ3n) is 5.18. The SMILES string of the molecule is C=C(C)C(=O)OC12CC3CC(C1)CC(SS(=O)(=O)C(F)(F)F)(C3)C2. The van der Waals surface area contributed by atoms with Crippen molar-refractivity contribution in [3.63, 3.8) is 0 Å². The zero-order chi connectivity index (χ0) is 18.0. The van der Waals surface area contributed by atoms with Gasteiger partial charge in [-0.25, -0.2) is 13.2 Å². The molecule has 0 aromatic carbocycles. The van der Waals surface area contributed by atoms with Crippen molar-refractivity contribution in [3.8, 4) is 0 Å². The second-order valence-electron chi connectivity index (χ2n) is 7.48. The van der Waals surface area contributed by atoms with Crippen molar-refractivity contribution in [2.75, 3.05) is 0 Å². The first kappa shape index (κ1) is 18.1. The molecular formula is C15H19F3O4S2. The summed E-state index contributed by atoms with van der Waals surface area (Å²) >= 11 is 0. The van der Waals surface area contributed by atoms with Gasteiger partial charge in [-0.3, -0.25) is 0 Å². The standard InChI is InChI=1S/C15H19F3O4S2/c1-9(2)12(19)22-13-4-10-3-11(5-13)7-14(6-10,8-13)23-24(20,21)15(16,17)18/h10-11H,1,3-8H2,2H3. The molecule has 0 saturated heterocycles. The quantitative estimate of drug-likeness (QED) is 0.419. The minimum Gasteiger partial charge on any atom is -0.456 e. The molecule has 0 amide bonds. The summed E-state index contributed by atoms with van der Waals surface area (Å²) < 4.78 is 66.4. The maximum Gasteiger partial charge on any atom is 0.507 e. The molecule has 4 aliphatic rings. The van der Waals surface area contributed by atoms with Crippen molar-refractivity contribution in [2.45, 2.75) is 61.3 Å². The smallest absolute Gasteiger partial charge is 0.456 e. The maximum atomic E-state index is 12.8. The predicted molar refractivity (Wildman–Crippen MR) is 83.6 cm³/mol. The number of halogens is 3. The van der Waals surface area contributed by atoms with Gasteiger partial charge in [-0.1, -0.05) is 6.58 Å². The van der Waals surface area contributed by atoms with E-state index in [0.29, 0.717) is 25.7 Å². The van der Waals surface area contributed by atoms with E-state index >= 15 is 0 Å². The molecule has 4 saturated carbocycles. The lowest BCUT2D eigenvalue weighted by molar-refractivity contribution is -0.178. The number of esters is 1. The highest BCUT2D eigenvalue weighted by atomic mass is 33.1. The highest BCUT2D eigenvalue weighted by Gasteiger charge is 2.63. The molecule has 2 unspecified atom stereocenters.